The fourth-order valence-corrected chi connectivity index (χ4v) is 2.72. The molecule has 0 saturated heterocycles. The summed E-state index contributed by atoms with van der Waals surface area (Å²) in [6.45, 7) is 4.16. The lowest BCUT2D eigenvalue weighted by Crippen LogP contribution is -2.45. The molecule has 1 aromatic carbocycles. The van der Waals surface area contributed by atoms with E-state index < -0.39 is 0 Å². The normalized spacial score (nSPS) is 18.3. The number of aromatic nitrogens is 2. The monoisotopic (exact) mass is 247 g/mol. The van der Waals surface area contributed by atoms with Crippen LogP contribution in [0, 0.1) is 5.82 Å². The SMILES string of the molecule is CC(C)n1c(C2(N)CCC2)nc2ccc(F)cc21. The van der Waals surface area contributed by atoms with Gasteiger partial charge < -0.3 is 10.3 Å². The first kappa shape index (κ1) is 11.7. The molecule has 1 aliphatic carbocycles. The van der Waals surface area contributed by atoms with E-state index in [0.29, 0.717) is 0 Å². The number of nitrogens with two attached hydrogens (primary N) is 1. The molecule has 0 radical (unpaired) electrons. The van der Waals surface area contributed by atoms with E-state index in [9.17, 15) is 4.39 Å². The van der Waals surface area contributed by atoms with E-state index in [1.54, 1.807) is 12.1 Å². The molecule has 1 fully saturated rings. The molecule has 0 bridgehead atoms. The molecule has 3 rings (SSSR count). The van der Waals surface area contributed by atoms with Crippen LogP contribution >= 0.6 is 0 Å². The zero-order chi connectivity index (χ0) is 12.9. The first-order chi connectivity index (χ1) is 8.51. The highest BCUT2D eigenvalue weighted by atomic mass is 19.1. The Kier molecular flexibility index (Phi) is 2.45. The lowest BCUT2D eigenvalue weighted by atomic mass is 9.77. The predicted octanol–water partition coefficient (Wildman–Crippen LogP) is 3.09. The number of hydrogen-bond acceptors (Lipinski definition) is 2. The molecule has 0 unspecified atom stereocenters. The van der Waals surface area contributed by atoms with Crippen molar-refractivity contribution < 1.29 is 4.39 Å². The van der Waals surface area contributed by atoms with Crippen molar-refractivity contribution in [3.8, 4) is 0 Å². The van der Waals surface area contributed by atoms with Crippen LogP contribution in [0.5, 0.6) is 0 Å². The maximum atomic E-state index is 13.4. The number of halogens is 1. The third kappa shape index (κ3) is 1.56. The minimum absolute atomic E-state index is 0.226. The zero-order valence-corrected chi connectivity index (χ0v) is 10.8. The van der Waals surface area contributed by atoms with Gasteiger partial charge >= 0.3 is 0 Å². The molecule has 3 nitrogen and oxygen atoms in total. The molecule has 1 aromatic heterocycles. The van der Waals surface area contributed by atoms with Gasteiger partial charge in [-0.2, -0.15) is 0 Å². The Balaban J connectivity index is 2.27. The van der Waals surface area contributed by atoms with E-state index in [2.05, 4.69) is 23.4 Å². The molecular formula is C14H18FN3. The van der Waals surface area contributed by atoms with Gasteiger partial charge in [0.2, 0.25) is 0 Å². The van der Waals surface area contributed by atoms with Crippen molar-refractivity contribution in [1.29, 1.82) is 0 Å². The Morgan fingerprint density at radius 2 is 2.11 bits per heavy atom. The number of fused-ring (bicyclic) bond motifs is 1. The highest BCUT2D eigenvalue weighted by molar-refractivity contribution is 5.76. The molecular weight excluding hydrogens is 229 g/mol. The van der Waals surface area contributed by atoms with Crippen molar-refractivity contribution in [2.24, 2.45) is 5.73 Å². The summed E-state index contributed by atoms with van der Waals surface area (Å²) in [6, 6.07) is 4.96. The largest absolute Gasteiger partial charge is 0.324 e. The molecule has 18 heavy (non-hydrogen) atoms. The van der Waals surface area contributed by atoms with Crippen LogP contribution in [0.25, 0.3) is 11.0 Å². The molecule has 1 heterocycles. The van der Waals surface area contributed by atoms with Crippen LogP contribution < -0.4 is 5.73 Å². The lowest BCUT2D eigenvalue weighted by Gasteiger charge is -2.38. The number of hydrogen-bond donors (Lipinski definition) is 1. The minimum Gasteiger partial charge on any atom is -0.324 e. The Morgan fingerprint density at radius 3 is 2.67 bits per heavy atom. The molecule has 0 aliphatic heterocycles. The summed E-state index contributed by atoms with van der Waals surface area (Å²) in [5.74, 6) is 0.680. The summed E-state index contributed by atoms with van der Waals surface area (Å²) in [7, 11) is 0. The Morgan fingerprint density at radius 1 is 1.39 bits per heavy atom. The molecule has 4 heteroatoms. The van der Waals surface area contributed by atoms with Gasteiger partial charge in [-0.15, -0.1) is 0 Å². The lowest BCUT2D eigenvalue weighted by molar-refractivity contribution is 0.228. The van der Waals surface area contributed by atoms with Crippen LogP contribution in [0.3, 0.4) is 0 Å². The van der Waals surface area contributed by atoms with Crippen LogP contribution in [-0.2, 0) is 5.54 Å². The number of nitrogens with zero attached hydrogens (tertiary/aromatic N) is 2. The second kappa shape index (κ2) is 3.79. The Labute approximate surface area is 106 Å². The minimum atomic E-state index is -0.320. The summed E-state index contributed by atoms with van der Waals surface area (Å²) < 4.78 is 15.5. The highest BCUT2D eigenvalue weighted by Gasteiger charge is 2.39. The first-order valence-electron chi connectivity index (χ1n) is 6.48. The van der Waals surface area contributed by atoms with E-state index in [-0.39, 0.29) is 17.4 Å². The maximum Gasteiger partial charge on any atom is 0.130 e. The zero-order valence-electron chi connectivity index (χ0n) is 10.8. The predicted molar refractivity (Wildman–Crippen MR) is 69.8 cm³/mol. The summed E-state index contributed by atoms with van der Waals surface area (Å²) in [5, 5.41) is 0. The van der Waals surface area contributed by atoms with Crippen molar-refractivity contribution in [3.63, 3.8) is 0 Å². The van der Waals surface area contributed by atoms with Gasteiger partial charge in [0.05, 0.1) is 16.6 Å². The third-order valence-electron chi connectivity index (χ3n) is 3.86. The van der Waals surface area contributed by atoms with Crippen LogP contribution in [0.15, 0.2) is 18.2 Å². The fourth-order valence-electron chi connectivity index (χ4n) is 2.72. The van der Waals surface area contributed by atoms with Crippen LogP contribution in [0.1, 0.15) is 45.0 Å². The topological polar surface area (TPSA) is 43.8 Å². The average Bonchev–Trinajstić information content (AvgIpc) is 2.64. The van der Waals surface area contributed by atoms with Crippen molar-refractivity contribution in [1.82, 2.24) is 9.55 Å². The van der Waals surface area contributed by atoms with E-state index in [0.717, 1.165) is 36.1 Å². The second-order valence-corrected chi connectivity index (χ2v) is 5.54. The van der Waals surface area contributed by atoms with E-state index in [1.165, 1.54) is 6.07 Å². The summed E-state index contributed by atoms with van der Waals surface area (Å²) in [4.78, 5) is 4.64. The smallest absolute Gasteiger partial charge is 0.130 e. The van der Waals surface area contributed by atoms with Gasteiger partial charge in [-0.25, -0.2) is 9.37 Å². The van der Waals surface area contributed by atoms with E-state index in [1.807, 2.05) is 0 Å². The summed E-state index contributed by atoms with van der Waals surface area (Å²) >= 11 is 0. The van der Waals surface area contributed by atoms with Crippen molar-refractivity contribution in [3.05, 3.63) is 29.8 Å². The van der Waals surface area contributed by atoms with Crippen molar-refractivity contribution in [2.75, 3.05) is 0 Å². The van der Waals surface area contributed by atoms with Gasteiger partial charge in [0.1, 0.15) is 11.6 Å². The van der Waals surface area contributed by atoms with Gasteiger partial charge in [0, 0.05) is 6.04 Å². The number of benzene rings is 1. The van der Waals surface area contributed by atoms with Crippen LogP contribution in [0.4, 0.5) is 4.39 Å². The standard InChI is InChI=1S/C14H18FN3/c1-9(2)18-12-8-10(15)4-5-11(12)17-13(18)14(16)6-3-7-14/h4-5,8-9H,3,6-7,16H2,1-2H3. The molecule has 0 spiro atoms. The van der Waals surface area contributed by atoms with Gasteiger partial charge in [0.15, 0.2) is 0 Å². The molecule has 2 aromatic rings. The molecule has 1 aliphatic rings. The van der Waals surface area contributed by atoms with E-state index >= 15 is 0 Å². The first-order valence-corrected chi connectivity index (χ1v) is 6.48. The molecule has 2 N–H and O–H groups in total. The van der Waals surface area contributed by atoms with Gasteiger partial charge in [0.25, 0.3) is 0 Å². The average molecular weight is 247 g/mol. The van der Waals surface area contributed by atoms with Crippen LogP contribution in [-0.4, -0.2) is 9.55 Å². The van der Waals surface area contributed by atoms with Gasteiger partial charge in [-0.05, 0) is 51.3 Å². The number of imidazole rings is 1. The number of rotatable bonds is 2. The highest BCUT2D eigenvalue weighted by Crippen LogP contribution is 2.40. The Hall–Kier alpha value is -1.42. The second-order valence-electron chi connectivity index (χ2n) is 5.54. The van der Waals surface area contributed by atoms with Gasteiger partial charge in [-0.3, -0.25) is 0 Å². The molecule has 0 amide bonds. The Bertz CT molecular complexity index is 596. The summed E-state index contributed by atoms with van der Waals surface area (Å²) in [5.41, 5.74) is 7.74. The molecule has 1 saturated carbocycles. The maximum absolute atomic E-state index is 13.4. The van der Waals surface area contributed by atoms with E-state index in [4.69, 9.17) is 5.73 Å². The van der Waals surface area contributed by atoms with Crippen molar-refractivity contribution in [2.45, 2.75) is 44.7 Å². The van der Waals surface area contributed by atoms with Gasteiger partial charge in [-0.1, -0.05) is 0 Å². The molecule has 0 atom stereocenters. The summed E-state index contributed by atoms with van der Waals surface area (Å²) in [6.07, 6.45) is 3.07. The van der Waals surface area contributed by atoms with Crippen molar-refractivity contribution >= 4 is 11.0 Å². The quantitative estimate of drug-likeness (QED) is 0.886. The third-order valence-corrected chi connectivity index (χ3v) is 3.86. The fraction of sp³-hybridized carbons (Fsp3) is 0.500. The molecule has 96 valence electrons. The van der Waals surface area contributed by atoms with Crippen LogP contribution in [0.2, 0.25) is 0 Å².